The van der Waals surface area contributed by atoms with Crippen LogP contribution in [-0.2, 0) is 31.9 Å². The molecule has 0 radical (unpaired) electrons. The van der Waals surface area contributed by atoms with Crippen molar-refractivity contribution in [3.8, 4) is 0 Å². The highest BCUT2D eigenvalue weighted by Crippen LogP contribution is 2.16. The number of sulfone groups is 1. The number of ether oxygens (including phenoxy) is 1. The standard InChI is InChI=1S/C14H21NO4S2/c15-11-12-1-3-14(4-2-12)21(17,18)10-9-20(16)13-5-7-19-8-6-13/h1-4,13H,5-11,15H2. The monoisotopic (exact) mass is 331 g/mol. The Hall–Kier alpha value is -0.760. The van der Waals surface area contributed by atoms with Crippen molar-refractivity contribution in [3.63, 3.8) is 0 Å². The molecule has 1 unspecified atom stereocenters. The summed E-state index contributed by atoms with van der Waals surface area (Å²) >= 11 is 0. The van der Waals surface area contributed by atoms with Gasteiger partial charge in [-0.1, -0.05) is 12.1 Å². The summed E-state index contributed by atoms with van der Waals surface area (Å²) < 4.78 is 41.8. The van der Waals surface area contributed by atoms with Gasteiger partial charge in [0, 0.05) is 41.6 Å². The van der Waals surface area contributed by atoms with Crippen molar-refractivity contribution in [3.05, 3.63) is 29.8 Å². The molecule has 21 heavy (non-hydrogen) atoms. The maximum absolute atomic E-state index is 12.2. The highest BCUT2D eigenvalue weighted by Gasteiger charge is 2.23. The van der Waals surface area contributed by atoms with Gasteiger partial charge in [-0.25, -0.2) is 8.42 Å². The molecule has 0 saturated carbocycles. The molecule has 1 aromatic rings. The minimum atomic E-state index is -3.38. The number of nitrogens with two attached hydrogens (primary N) is 1. The van der Waals surface area contributed by atoms with Gasteiger partial charge in [0.05, 0.1) is 10.6 Å². The molecule has 0 aliphatic carbocycles. The van der Waals surface area contributed by atoms with Crippen LogP contribution in [0, 0.1) is 0 Å². The van der Waals surface area contributed by atoms with Crippen LogP contribution in [-0.4, -0.2) is 42.6 Å². The first-order chi connectivity index (χ1) is 10.0. The van der Waals surface area contributed by atoms with E-state index < -0.39 is 20.6 Å². The summed E-state index contributed by atoms with van der Waals surface area (Å²) in [6.07, 6.45) is 1.50. The molecule has 2 rings (SSSR count). The third kappa shape index (κ3) is 4.60. The smallest absolute Gasteiger partial charge is 0.179 e. The SMILES string of the molecule is NCc1ccc(S(=O)(=O)CCS(=O)C2CCOCC2)cc1. The molecule has 2 N–H and O–H groups in total. The fourth-order valence-electron chi connectivity index (χ4n) is 2.25. The predicted octanol–water partition coefficient (Wildman–Crippen LogP) is 0.847. The summed E-state index contributed by atoms with van der Waals surface area (Å²) in [4.78, 5) is 0.267. The molecule has 1 aliphatic heterocycles. The van der Waals surface area contributed by atoms with Crippen LogP contribution in [0.2, 0.25) is 0 Å². The second-order valence-electron chi connectivity index (χ2n) is 5.06. The minimum Gasteiger partial charge on any atom is -0.381 e. The Labute approximate surface area is 128 Å². The third-order valence-corrected chi connectivity index (χ3v) is 7.42. The number of rotatable bonds is 6. The Balaban J connectivity index is 1.95. The summed E-state index contributed by atoms with van der Waals surface area (Å²) in [6.45, 7) is 1.61. The molecule has 118 valence electrons. The number of benzene rings is 1. The van der Waals surface area contributed by atoms with E-state index in [0.29, 0.717) is 19.8 Å². The average Bonchev–Trinajstić information content (AvgIpc) is 2.53. The fraction of sp³-hybridized carbons (Fsp3) is 0.571. The van der Waals surface area contributed by atoms with Crippen LogP contribution >= 0.6 is 0 Å². The molecule has 1 saturated heterocycles. The van der Waals surface area contributed by atoms with Crippen molar-refractivity contribution in [2.75, 3.05) is 24.7 Å². The van der Waals surface area contributed by atoms with E-state index in [-0.39, 0.29) is 21.7 Å². The molecule has 1 fully saturated rings. The molecule has 0 aromatic heterocycles. The molecule has 7 heteroatoms. The third-order valence-electron chi connectivity index (χ3n) is 3.61. The van der Waals surface area contributed by atoms with Crippen LogP contribution in [0.5, 0.6) is 0 Å². The van der Waals surface area contributed by atoms with Crippen molar-refractivity contribution in [2.45, 2.75) is 29.5 Å². The molecule has 0 spiro atoms. The molecule has 5 nitrogen and oxygen atoms in total. The van der Waals surface area contributed by atoms with Crippen LogP contribution in [0.15, 0.2) is 29.2 Å². The first-order valence-corrected chi connectivity index (χ1v) is 10.0. The van der Waals surface area contributed by atoms with Crippen LogP contribution < -0.4 is 5.73 Å². The summed E-state index contributed by atoms with van der Waals surface area (Å²) in [6, 6.07) is 6.55. The fourth-order valence-corrected chi connectivity index (χ4v) is 5.62. The van der Waals surface area contributed by atoms with E-state index in [1.807, 2.05) is 0 Å². The quantitative estimate of drug-likeness (QED) is 0.835. The van der Waals surface area contributed by atoms with Crippen LogP contribution in [0.4, 0.5) is 0 Å². The van der Waals surface area contributed by atoms with Gasteiger partial charge < -0.3 is 10.5 Å². The average molecular weight is 331 g/mol. The highest BCUT2D eigenvalue weighted by atomic mass is 32.2. The predicted molar refractivity (Wildman–Crippen MR) is 83.2 cm³/mol. The van der Waals surface area contributed by atoms with Gasteiger partial charge in [-0.3, -0.25) is 4.21 Å². The van der Waals surface area contributed by atoms with E-state index in [4.69, 9.17) is 10.5 Å². The Kier molecular flexibility index (Phi) is 5.92. The maximum Gasteiger partial charge on any atom is 0.179 e. The van der Waals surface area contributed by atoms with E-state index >= 15 is 0 Å². The maximum atomic E-state index is 12.2. The lowest BCUT2D eigenvalue weighted by Gasteiger charge is -2.21. The normalized spacial score (nSPS) is 18.5. The van der Waals surface area contributed by atoms with Crippen LogP contribution in [0.3, 0.4) is 0 Å². The van der Waals surface area contributed by atoms with E-state index in [9.17, 15) is 12.6 Å². The van der Waals surface area contributed by atoms with Crippen molar-refractivity contribution in [2.24, 2.45) is 5.73 Å². The van der Waals surface area contributed by atoms with Gasteiger partial charge in [-0.05, 0) is 30.5 Å². The topological polar surface area (TPSA) is 86.5 Å². The van der Waals surface area contributed by atoms with Crippen molar-refractivity contribution < 1.29 is 17.4 Å². The van der Waals surface area contributed by atoms with Gasteiger partial charge in [-0.15, -0.1) is 0 Å². The lowest BCUT2D eigenvalue weighted by Crippen LogP contribution is -2.28. The Morgan fingerprint density at radius 3 is 2.38 bits per heavy atom. The molecular formula is C14H21NO4S2. The lowest BCUT2D eigenvalue weighted by molar-refractivity contribution is 0.0992. The number of hydrogen-bond donors (Lipinski definition) is 1. The first-order valence-electron chi connectivity index (χ1n) is 6.99. The highest BCUT2D eigenvalue weighted by molar-refractivity contribution is 7.93. The molecule has 1 atom stereocenters. The molecular weight excluding hydrogens is 310 g/mol. The lowest BCUT2D eigenvalue weighted by atomic mass is 10.2. The zero-order valence-corrected chi connectivity index (χ0v) is 13.5. The molecule has 1 aliphatic rings. The summed E-state index contributed by atoms with van der Waals surface area (Å²) in [5.74, 6) is 0.102. The summed E-state index contributed by atoms with van der Waals surface area (Å²) in [5.41, 5.74) is 6.38. The first kappa shape index (κ1) is 16.6. The Morgan fingerprint density at radius 2 is 1.81 bits per heavy atom. The Morgan fingerprint density at radius 1 is 1.19 bits per heavy atom. The number of hydrogen-bond acceptors (Lipinski definition) is 5. The van der Waals surface area contributed by atoms with Crippen molar-refractivity contribution in [1.29, 1.82) is 0 Å². The summed E-state index contributed by atoms with van der Waals surface area (Å²) in [5, 5.41) is 0.0635. The largest absolute Gasteiger partial charge is 0.381 e. The molecule has 1 aromatic carbocycles. The van der Waals surface area contributed by atoms with Gasteiger partial charge in [0.2, 0.25) is 0 Å². The van der Waals surface area contributed by atoms with Crippen LogP contribution in [0.1, 0.15) is 18.4 Å². The molecule has 1 heterocycles. The van der Waals surface area contributed by atoms with Gasteiger partial charge in [0.1, 0.15) is 0 Å². The van der Waals surface area contributed by atoms with Gasteiger partial charge in [0.25, 0.3) is 0 Å². The van der Waals surface area contributed by atoms with Crippen molar-refractivity contribution >= 4 is 20.6 Å². The van der Waals surface area contributed by atoms with Crippen LogP contribution in [0.25, 0.3) is 0 Å². The molecule has 0 amide bonds. The second kappa shape index (κ2) is 7.49. The van der Waals surface area contributed by atoms with Gasteiger partial charge in [-0.2, -0.15) is 0 Å². The zero-order valence-electron chi connectivity index (χ0n) is 11.9. The van der Waals surface area contributed by atoms with E-state index in [1.165, 1.54) is 0 Å². The van der Waals surface area contributed by atoms with Crippen molar-refractivity contribution in [1.82, 2.24) is 0 Å². The summed E-state index contributed by atoms with van der Waals surface area (Å²) in [7, 11) is -4.50. The molecule has 0 bridgehead atoms. The Bertz CT molecular complexity index is 577. The second-order valence-corrected chi connectivity index (χ2v) is 9.01. The van der Waals surface area contributed by atoms with E-state index in [1.54, 1.807) is 24.3 Å². The van der Waals surface area contributed by atoms with E-state index in [0.717, 1.165) is 18.4 Å². The minimum absolute atomic E-state index is 0.0635. The zero-order chi connectivity index (χ0) is 15.3. The van der Waals surface area contributed by atoms with E-state index in [2.05, 4.69) is 0 Å². The van der Waals surface area contributed by atoms with Gasteiger partial charge in [0.15, 0.2) is 9.84 Å². The van der Waals surface area contributed by atoms with Gasteiger partial charge >= 0.3 is 0 Å².